The fraction of sp³-hybridized carbons (Fsp3) is 0.714. The second-order valence-electron chi connectivity index (χ2n) is 5.44. The standard InChI is InChI=1S/C14H24N4OS/c1-11-5-2-3-7-18(11)8-4-6-16-13(19)9-12-10-20-14(15)17-12/h10-11H,2-9H2,1H3,(H2,15,17)(H,16,19). The highest BCUT2D eigenvalue weighted by molar-refractivity contribution is 7.13. The van der Waals surface area contributed by atoms with E-state index in [1.165, 1.54) is 37.1 Å². The largest absolute Gasteiger partial charge is 0.375 e. The van der Waals surface area contributed by atoms with Crippen molar-refractivity contribution in [3.8, 4) is 0 Å². The number of likely N-dealkylation sites (tertiary alicyclic amines) is 1. The van der Waals surface area contributed by atoms with Gasteiger partial charge in [0.05, 0.1) is 12.1 Å². The lowest BCUT2D eigenvalue weighted by Gasteiger charge is -2.33. The third-order valence-electron chi connectivity index (χ3n) is 3.80. The monoisotopic (exact) mass is 296 g/mol. The smallest absolute Gasteiger partial charge is 0.226 e. The van der Waals surface area contributed by atoms with Crippen LogP contribution in [0.15, 0.2) is 5.38 Å². The van der Waals surface area contributed by atoms with Gasteiger partial charge in [0.25, 0.3) is 0 Å². The SMILES string of the molecule is CC1CCCCN1CCCNC(=O)Cc1csc(N)n1. The van der Waals surface area contributed by atoms with E-state index in [1.54, 1.807) is 0 Å². The molecule has 1 aliphatic heterocycles. The molecular weight excluding hydrogens is 272 g/mol. The topological polar surface area (TPSA) is 71.2 Å². The molecule has 0 aromatic carbocycles. The molecule has 112 valence electrons. The number of amides is 1. The summed E-state index contributed by atoms with van der Waals surface area (Å²) in [6.07, 6.45) is 5.30. The maximum Gasteiger partial charge on any atom is 0.226 e. The second-order valence-corrected chi connectivity index (χ2v) is 6.33. The van der Waals surface area contributed by atoms with Crippen LogP contribution >= 0.6 is 11.3 Å². The van der Waals surface area contributed by atoms with Gasteiger partial charge in [-0.05, 0) is 32.7 Å². The van der Waals surface area contributed by atoms with Crippen LogP contribution in [0.3, 0.4) is 0 Å². The highest BCUT2D eigenvalue weighted by Gasteiger charge is 2.17. The summed E-state index contributed by atoms with van der Waals surface area (Å²) in [5.74, 6) is 0.0296. The third-order valence-corrected chi connectivity index (χ3v) is 4.52. The normalized spacial score (nSPS) is 19.9. The second kappa shape index (κ2) is 7.59. The summed E-state index contributed by atoms with van der Waals surface area (Å²) in [4.78, 5) is 18.4. The number of carbonyl (C=O) groups excluding carboxylic acids is 1. The molecule has 0 saturated carbocycles. The van der Waals surface area contributed by atoms with E-state index < -0.39 is 0 Å². The minimum atomic E-state index is 0.0296. The third kappa shape index (κ3) is 4.76. The Balaban J connectivity index is 1.59. The van der Waals surface area contributed by atoms with E-state index in [0.717, 1.165) is 25.2 Å². The number of thiazole rings is 1. The maximum absolute atomic E-state index is 11.7. The fourth-order valence-electron chi connectivity index (χ4n) is 2.63. The van der Waals surface area contributed by atoms with Crippen molar-refractivity contribution in [2.45, 2.75) is 45.1 Å². The number of rotatable bonds is 6. The summed E-state index contributed by atoms with van der Waals surface area (Å²) in [5, 5.41) is 5.31. The molecule has 0 radical (unpaired) electrons. The Hall–Kier alpha value is -1.14. The summed E-state index contributed by atoms with van der Waals surface area (Å²) in [7, 11) is 0. The Morgan fingerprint density at radius 3 is 3.15 bits per heavy atom. The highest BCUT2D eigenvalue weighted by atomic mass is 32.1. The first-order valence-corrected chi connectivity index (χ1v) is 8.24. The van der Waals surface area contributed by atoms with E-state index in [4.69, 9.17) is 5.73 Å². The van der Waals surface area contributed by atoms with Gasteiger partial charge in [0.1, 0.15) is 0 Å². The minimum absolute atomic E-state index is 0.0296. The van der Waals surface area contributed by atoms with Crippen molar-refractivity contribution in [2.75, 3.05) is 25.4 Å². The van der Waals surface area contributed by atoms with Crippen LogP contribution in [0.25, 0.3) is 0 Å². The van der Waals surface area contributed by atoms with Gasteiger partial charge in [-0.1, -0.05) is 6.42 Å². The zero-order valence-electron chi connectivity index (χ0n) is 12.1. The van der Waals surface area contributed by atoms with Crippen LogP contribution in [0.5, 0.6) is 0 Å². The van der Waals surface area contributed by atoms with Crippen LogP contribution in [0.4, 0.5) is 5.13 Å². The average molecular weight is 296 g/mol. The van der Waals surface area contributed by atoms with Crippen molar-refractivity contribution in [3.05, 3.63) is 11.1 Å². The molecule has 2 rings (SSSR count). The number of nitrogens with one attached hydrogen (secondary N) is 1. The molecule has 0 spiro atoms. The molecule has 1 aliphatic rings. The molecule has 0 bridgehead atoms. The summed E-state index contributed by atoms with van der Waals surface area (Å²) >= 11 is 1.37. The Kier molecular flexibility index (Phi) is 5.79. The quantitative estimate of drug-likeness (QED) is 0.783. The van der Waals surface area contributed by atoms with Crippen molar-refractivity contribution >= 4 is 22.4 Å². The number of nitrogen functional groups attached to an aromatic ring is 1. The van der Waals surface area contributed by atoms with Crippen LogP contribution in [0.2, 0.25) is 0 Å². The van der Waals surface area contributed by atoms with Gasteiger partial charge in [-0.3, -0.25) is 4.79 Å². The molecular formula is C14H24N4OS. The summed E-state index contributed by atoms with van der Waals surface area (Å²) in [6, 6.07) is 0.692. The summed E-state index contributed by atoms with van der Waals surface area (Å²) in [5.41, 5.74) is 6.30. The number of piperidine rings is 1. The number of carbonyl (C=O) groups is 1. The molecule has 6 heteroatoms. The van der Waals surface area contributed by atoms with Crippen LogP contribution < -0.4 is 11.1 Å². The molecule has 0 aliphatic carbocycles. The number of hydrogen-bond donors (Lipinski definition) is 2. The molecule has 1 fully saturated rings. The zero-order valence-corrected chi connectivity index (χ0v) is 12.9. The molecule has 5 nitrogen and oxygen atoms in total. The molecule has 1 aromatic heterocycles. The lowest BCUT2D eigenvalue weighted by Crippen LogP contribution is -2.39. The van der Waals surface area contributed by atoms with Gasteiger partial charge >= 0.3 is 0 Å². The first-order chi connectivity index (χ1) is 9.65. The number of aromatic nitrogens is 1. The molecule has 1 saturated heterocycles. The molecule has 1 unspecified atom stereocenters. The highest BCUT2D eigenvalue weighted by Crippen LogP contribution is 2.16. The van der Waals surface area contributed by atoms with Crippen LogP contribution in [0, 0.1) is 0 Å². The molecule has 1 aromatic rings. The maximum atomic E-state index is 11.7. The zero-order chi connectivity index (χ0) is 14.4. The van der Waals surface area contributed by atoms with Crippen molar-refractivity contribution < 1.29 is 4.79 Å². The predicted molar refractivity (Wildman–Crippen MR) is 82.7 cm³/mol. The van der Waals surface area contributed by atoms with E-state index in [-0.39, 0.29) is 5.91 Å². The van der Waals surface area contributed by atoms with Gasteiger partial charge in [-0.25, -0.2) is 4.98 Å². The van der Waals surface area contributed by atoms with Gasteiger partial charge < -0.3 is 16.0 Å². The van der Waals surface area contributed by atoms with Gasteiger partial charge in [0.2, 0.25) is 5.91 Å². The van der Waals surface area contributed by atoms with Gasteiger partial charge in [-0.2, -0.15) is 0 Å². The lowest BCUT2D eigenvalue weighted by molar-refractivity contribution is -0.120. The van der Waals surface area contributed by atoms with E-state index >= 15 is 0 Å². The Morgan fingerprint density at radius 2 is 2.45 bits per heavy atom. The minimum Gasteiger partial charge on any atom is -0.375 e. The number of hydrogen-bond acceptors (Lipinski definition) is 5. The molecule has 20 heavy (non-hydrogen) atoms. The van der Waals surface area contributed by atoms with Crippen LogP contribution in [-0.2, 0) is 11.2 Å². The number of nitrogens with two attached hydrogens (primary N) is 1. The van der Waals surface area contributed by atoms with Crippen molar-refractivity contribution in [1.29, 1.82) is 0 Å². The van der Waals surface area contributed by atoms with E-state index in [0.29, 0.717) is 17.6 Å². The molecule has 1 amide bonds. The predicted octanol–water partition coefficient (Wildman–Crippen LogP) is 1.65. The average Bonchev–Trinajstić information content (AvgIpc) is 2.82. The van der Waals surface area contributed by atoms with Gasteiger partial charge in [-0.15, -0.1) is 11.3 Å². The van der Waals surface area contributed by atoms with E-state index in [9.17, 15) is 4.79 Å². The lowest BCUT2D eigenvalue weighted by atomic mass is 10.0. The van der Waals surface area contributed by atoms with E-state index in [2.05, 4.69) is 22.1 Å². The van der Waals surface area contributed by atoms with Crippen LogP contribution in [0.1, 0.15) is 38.3 Å². The van der Waals surface area contributed by atoms with Gasteiger partial charge in [0, 0.05) is 24.5 Å². The van der Waals surface area contributed by atoms with Crippen molar-refractivity contribution in [2.24, 2.45) is 0 Å². The Morgan fingerprint density at radius 1 is 1.60 bits per heavy atom. The molecule has 3 N–H and O–H groups in total. The summed E-state index contributed by atoms with van der Waals surface area (Å²) in [6.45, 7) is 5.31. The Bertz CT molecular complexity index is 435. The first-order valence-electron chi connectivity index (χ1n) is 7.36. The molecule has 2 heterocycles. The molecule has 1 atom stereocenters. The van der Waals surface area contributed by atoms with Gasteiger partial charge in [0.15, 0.2) is 5.13 Å². The Labute approximate surface area is 124 Å². The van der Waals surface area contributed by atoms with Crippen molar-refractivity contribution in [1.82, 2.24) is 15.2 Å². The number of nitrogens with zero attached hydrogens (tertiary/aromatic N) is 2. The van der Waals surface area contributed by atoms with E-state index in [1.807, 2.05) is 5.38 Å². The van der Waals surface area contributed by atoms with Crippen molar-refractivity contribution in [3.63, 3.8) is 0 Å². The summed E-state index contributed by atoms with van der Waals surface area (Å²) < 4.78 is 0. The fourth-order valence-corrected chi connectivity index (χ4v) is 3.19. The number of anilines is 1. The first kappa shape index (κ1) is 15.3. The van der Waals surface area contributed by atoms with Crippen LogP contribution in [-0.4, -0.2) is 41.5 Å².